The van der Waals surface area contributed by atoms with E-state index in [1.54, 1.807) is 0 Å². The average molecular weight is 1230 g/mol. The minimum Gasteiger partial charge on any atom is -0.462 e. The van der Waals surface area contributed by atoms with Crippen LogP contribution < -0.4 is 0 Å². The third kappa shape index (κ3) is 56.3. The zero-order valence-electron chi connectivity index (χ0n) is 53.5. The maximum absolute atomic E-state index is 13.0. The number of ether oxygens (including phenoxy) is 4. The van der Waals surface area contributed by atoms with E-state index in [-0.39, 0.29) is 25.7 Å². The Hall–Kier alpha value is -1.94. The van der Waals surface area contributed by atoms with E-state index >= 15 is 0 Å². The van der Waals surface area contributed by atoms with Gasteiger partial charge in [-0.2, -0.15) is 0 Å². The van der Waals surface area contributed by atoms with Gasteiger partial charge in [0.1, 0.15) is 19.3 Å². The SMILES string of the molecule is CCCCCCCCCCCCCCC(=O)O[C@H](COC(=O)CCCCCCCCCCCCC)COP(=O)(O)OC[C@@H](O)COP(=O)(O)OC[C@@H](COC(=O)CCCCCCCCC(C)CC)OC(=O)CCCCCCCCC(C)CC. The molecule has 0 fully saturated rings. The fraction of sp³-hybridized carbons (Fsp3) is 0.938. The second kappa shape index (κ2) is 56.6. The van der Waals surface area contributed by atoms with Gasteiger partial charge in [-0.15, -0.1) is 0 Å². The number of aliphatic hydroxyl groups excluding tert-OH is 1. The van der Waals surface area contributed by atoms with Crippen molar-refractivity contribution < 1.29 is 80.2 Å². The van der Waals surface area contributed by atoms with Crippen molar-refractivity contribution in [2.45, 2.75) is 336 Å². The molecule has 0 aliphatic carbocycles. The lowest BCUT2D eigenvalue weighted by molar-refractivity contribution is -0.161. The number of esters is 4. The molecule has 19 heteroatoms. The van der Waals surface area contributed by atoms with Gasteiger partial charge in [-0.1, -0.05) is 266 Å². The van der Waals surface area contributed by atoms with Crippen LogP contribution in [0.1, 0.15) is 318 Å². The Labute approximate surface area is 505 Å². The Morgan fingerprint density at radius 3 is 0.855 bits per heavy atom. The number of hydrogen-bond donors (Lipinski definition) is 3. The van der Waals surface area contributed by atoms with E-state index in [2.05, 4.69) is 41.5 Å². The van der Waals surface area contributed by atoms with Crippen LogP contribution in [0.25, 0.3) is 0 Å². The summed E-state index contributed by atoms with van der Waals surface area (Å²) in [4.78, 5) is 72.2. The highest BCUT2D eigenvalue weighted by Crippen LogP contribution is 2.45. The van der Waals surface area contributed by atoms with Crippen molar-refractivity contribution in [1.82, 2.24) is 0 Å². The molecule has 3 N–H and O–H groups in total. The summed E-state index contributed by atoms with van der Waals surface area (Å²) < 4.78 is 68.0. The molecule has 17 nitrogen and oxygen atoms in total. The summed E-state index contributed by atoms with van der Waals surface area (Å²) in [6, 6.07) is 0. The fourth-order valence-electron chi connectivity index (χ4n) is 9.47. The van der Waals surface area contributed by atoms with Gasteiger partial charge in [0.05, 0.1) is 26.4 Å². The topological polar surface area (TPSA) is 237 Å². The molecule has 0 spiro atoms. The Bertz CT molecular complexity index is 1640. The lowest BCUT2D eigenvalue weighted by atomic mass is 10.00. The molecule has 492 valence electrons. The summed E-state index contributed by atoms with van der Waals surface area (Å²) >= 11 is 0. The number of phosphoric acid groups is 2. The highest BCUT2D eigenvalue weighted by atomic mass is 31.2. The molecule has 0 saturated carbocycles. The van der Waals surface area contributed by atoms with Crippen molar-refractivity contribution in [3.63, 3.8) is 0 Å². The second-order valence-electron chi connectivity index (χ2n) is 23.6. The Morgan fingerprint density at radius 1 is 0.337 bits per heavy atom. The smallest absolute Gasteiger partial charge is 0.462 e. The van der Waals surface area contributed by atoms with Gasteiger partial charge in [-0.25, -0.2) is 9.13 Å². The van der Waals surface area contributed by atoms with Gasteiger partial charge in [0.2, 0.25) is 0 Å². The van der Waals surface area contributed by atoms with Crippen molar-refractivity contribution in [3.05, 3.63) is 0 Å². The number of unbranched alkanes of at least 4 members (excludes halogenated alkanes) is 31. The molecule has 0 aromatic carbocycles. The van der Waals surface area contributed by atoms with Crippen molar-refractivity contribution in [3.8, 4) is 0 Å². The Balaban J connectivity index is 5.26. The molecule has 0 heterocycles. The van der Waals surface area contributed by atoms with Gasteiger partial charge in [0.15, 0.2) is 12.2 Å². The van der Waals surface area contributed by atoms with Crippen molar-refractivity contribution >= 4 is 39.5 Å². The zero-order chi connectivity index (χ0) is 61.5. The summed E-state index contributed by atoms with van der Waals surface area (Å²) in [6.07, 6.45) is 38.9. The highest BCUT2D eigenvalue weighted by Gasteiger charge is 2.30. The molecular weight excluding hydrogens is 1100 g/mol. The lowest BCUT2D eigenvalue weighted by Gasteiger charge is -2.21. The second-order valence-corrected chi connectivity index (χ2v) is 26.5. The number of phosphoric ester groups is 2. The van der Waals surface area contributed by atoms with Gasteiger partial charge in [0, 0.05) is 25.7 Å². The molecule has 0 amide bonds. The van der Waals surface area contributed by atoms with Crippen molar-refractivity contribution in [1.29, 1.82) is 0 Å². The van der Waals surface area contributed by atoms with Crippen LogP contribution >= 0.6 is 15.6 Å². The first-order valence-corrected chi connectivity index (χ1v) is 36.6. The first kappa shape index (κ1) is 81.1. The number of aliphatic hydroxyl groups is 1. The zero-order valence-corrected chi connectivity index (χ0v) is 55.3. The van der Waals surface area contributed by atoms with Gasteiger partial charge in [-0.3, -0.25) is 37.3 Å². The van der Waals surface area contributed by atoms with E-state index in [0.29, 0.717) is 25.7 Å². The molecule has 0 aliphatic heterocycles. The van der Waals surface area contributed by atoms with Gasteiger partial charge >= 0.3 is 39.5 Å². The molecule has 0 aromatic heterocycles. The molecule has 7 atom stereocenters. The van der Waals surface area contributed by atoms with E-state index in [0.717, 1.165) is 108 Å². The molecule has 0 aromatic rings. The molecule has 0 aliphatic rings. The first-order valence-electron chi connectivity index (χ1n) is 33.6. The van der Waals surface area contributed by atoms with Crippen LogP contribution in [0.4, 0.5) is 0 Å². The molecule has 0 radical (unpaired) electrons. The lowest BCUT2D eigenvalue weighted by Crippen LogP contribution is -2.30. The van der Waals surface area contributed by atoms with Crippen LogP contribution in [0, 0.1) is 11.8 Å². The minimum atomic E-state index is -4.94. The maximum atomic E-state index is 13.0. The fourth-order valence-corrected chi connectivity index (χ4v) is 11.0. The molecule has 4 unspecified atom stereocenters. The third-order valence-corrected chi connectivity index (χ3v) is 17.3. The minimum absolute atomic E-state index is 0.102. The molecule has 0 saturated heterocycles. The van der Waals surface area contributed by atoms with Crippen LogP contribution in [0.15, 0.2) is 0 Å². The van der Waals surface area contributed by atoms with E-state index in [1.807, 2.05) is 0 Å². The van der Waals surface area contributed by atoms with E-state index in [4.69, 9.17) is 37.0 Å². The molecule has 0 bridgehead atoms. The van der Waals surface area contributed by atoms with Crippen LogP contribution in [0.2, 0.25) is 0 Å². The number of hydrogen-bond acceptors (Lipinski definition) is 15. The summed E-state index contributed by atoms with van der Waals surface area (Å²) in [6.45, 7) is 9.40. The predicted octanol–water partition coefficient (Wildman–Crippen LogP) is 17.7. The van der Waals surface area contributed by atoms with Crippen molar-refractivity contribution in [2.75, 3.05) is 39.6 Å². The average Bonchev–Trinajstić information content (AvgIpc) is 3.48. The van der Waals surface area contributed by atoms with Gasteiger partial charge in [-0.05, 0) is 37.5 Å². The van der Waals surface area contributed by atoms with Crippen molar-refractivity contribution in [2.24, 2.45) is 11.8 Å². The highest BCUT2D eigenvalue weighted by molar-refractivity contribution is 7.47. The largest absolute Gasteiger partial charge is 0.472 e. The summed E-state index contributed by atoms with van der Waals surface area (Å²) in [5.74, 6) is -0.685. The van der Waals surface area contributed by atoms with E-state index in [9.17, 15) is 43.2 Å². The summed E-state index contributed by atoms with van der Waals surface area (Å²) in [5, 5.41) is 10.5. The Kier molecular flexibility index (Phi) is 55.2. The number of carbonyl (C=O) groups excluding carboxylic acids is 4. The summed E-state index contributed by atoms with van der Waals surface area (Å²) in [5.41, 5.74) is 0. The maximum Gasteiger partial charge on any atom is 0.472 e. The molecular formula is C64H124O17P2. The Morgan fingerprint density at radius 2 is 0.578 bits per heavy atom. The van der Waals surface area contributed by atoms with Crippen LogP contribution in [-0.4, -0.2) is 96.7 Å². The molecule has 0 rings (SSSR count). The predicted molar refractivity (Wildman–Crippen MR) is 331 cm³/mol. The monoisotopic (exact) mass is 1230 g/mol. The number of rotatable bonds is 63. The standard InChI is InChI=1S/C64H124O17P2/c1-7-11-13-15-17-19-21-23-25-27-36-42-48-63(68)80-59(52-74-61(66)46-40-34-26-24-22-20-18-16-14-12-8-2)54-78-82(70,71)76-50-58(65)51-77-83(72,73)79-55-60(81-64(69)49-43-37-31-29-33-39-45-57(6)10-4)53-75-62(67)47-41-35-30-28-32-38-44-56(5)9-3/h56-60,65H,7-55H2,1-6H3,(H,70,71)(H,72,73)/t56?,57?,58-,59-,60-/m1/s1. The van der Waals surface area contributed by atoms with E-state index in [1.165, 1.54) is 128 Å². The van der Waals surface area contributed by atoms with Gasteiger partial charge < -0.3 is 33.8 Å². The number of carbonyl (C=O) groups is 4. The first-order chi connectivity index (χ1) is 39.9. The van der Waals surface area contributed by atoms with E-state index < -0.39 is 97.5 Å². The van der Waals surface area contributed by atoms with Crippen LogP contribution in [0.5, 0.6) is 0 Å². The quantitative estimate of drug-likeness (QED) is 0.0222. The third-order valence-electron chi connectivity index (χ3n) is 15.4. The molecule has 83 heavy (non-hydrogen) atoms. The van der Waals surface area contributed by atoms with Gasteiger partial charge in [0.25, 0.3) is 0 Å². The van der Waals surface area contributed by atoms with Crippen LogP contribution in [0.3, 0.4) is 0 Å². The summed E-state index contributed by atoms with van der Waals surface area (Å²) in [7, 11) is -9.89. The van der Waals surface area contributed by atoms with Crippen LogP contribution in [-0.2, 0) is 65.4 Å². The normalized spacial score (nSPS) is 15.0.